The summed E-state index contributed by atoms with van der Waals surface area (Å²) < 4.78 is 1.26. The van der Waals surface area contributed by atoms with Crippen LogP contribution in [-0.2, 0) is 6.54 Å². The summed E-state index contributed by atoms with van der Waals surface area (Å²) in [6.45, 7) is 8.03. The maximum absolute atomic E-state index is 3.77. The number of piperidine rings is 1. The summed E-state index contributed by atoms with van der Waals surface area (Å²) >= 11 is 3.77. The molecule has 3 nitrogen and oxygen atoms in total. The maximum atomic E-state index is 3.77. The fourth-order valence-corrected chi connectivity index (χ4v) is 3.84. The molecule has 0 unspecified atom stereocenters. The van der Waals surface area contributed by atoms with Crippen molar-refractivity contribution in [3.8, 4) is 0 Å². The molecule has 2 aliphatic rings. The van der Waals surface area contributed by atoms with Gasteiger partial charge < -0.3 is 10.2 Å². The summed E-state index contributed by atoms with van der Waals surface area (Å²) in [6, 6.07) is 6.91. The number of hydrogen-bond acceptors (Lipinski definition) is 3. The van der Waals surface area contributed by atoms with E-state index < -0.39 is 0 Å². The first-order valence-electron chi connectivity index (χ1n) is 7.79. The summed E-state index contributed by atoms with van der Waals surface area (Å²) in [5.74, 6) is 0. The number of rotatable bonds is 3. The zero-order valence-electron chi connectivity index (χ0n) is 12.1. The van der Waals surface area contributed by atoms with Gasteiger partial charge in [-0.1, -0.05) is 6.07 Å². The van der Waals surface area contributed by atoms with Gasteiger partial charge in [0.2, 0.25) is 0 Å². The van der Waals surface area contributed by atoms with Gasteiger partial charge in [-0.2, -0.15) is 0 Å². The third-order valence-electron chi connectivity index (χ3n) is 4.32. The van der Waals surface area contributed by atoms with Crippen LogP contribution in [0.4, 0.5) is 5.69 Å². The molecule has 110 valence electrons. The van der Waals surface area contributed by atoms with Crippen molar-refractivity contribution in [2.24, 2.45) is 0 Å². The van der Waals surface area contributed by atoms with Gasteiger partial charge in [-0.3, -0.25) is 4.90 Å². The highest BCUT2D eigenvalue weighted by atomic mass is 79.9. The summed E-state index contributed by atoms with van der Waals surface area (Å²) in [5, 5.41) is 3.41. The fraction of sp³-hybridized carbons (Fsp3) is 0.625. The van der Waals surface area contributed by atoms with Gasteiger partial charge >= 0.3 is 0 Å². The molecule has 1 aromatic carbocycles. The van der Waals surface area contributed by atoms with E-state index in [9.17, 15) is 0 Å². The SMILES string of the molecule is Brc1cc(CN2CCNCC2)ccc1N1CCCCC1. The molecule has 0 atom stereocenters. The second-order valence-electron chi connectivity index (χ2n) is 5.86. The van der Waals surface area contributed by atoms with E-state index in [2.05, 4.69) is 49.2 Å². The number of nitrogens with zero attached hydrogens (tertiary/aromatic N) is 2. The van der Waals surface area contributed by atoms with Crippen LogP contribution in [0.25, 0.3) is 0 Å². The number of anilines is 1. The Balaban J connectivity index is 1.66. The van der Waals surface area contributed by atoms with E-state index in [1.54, 1.807) is 0 Å². The highest BCUT2D eigenvalue weighted by molar-refractivity contribution is 9.10. The van der Waals surface area contributed by atoms with Gasteiger partial charge in [0.05, 0.1) is 5.69 Å². The molecule has 0 spiro atoms. The Hall–Kier alpha value is -0.580. The van der Waals surface area contributed by atoms with E-state index in [1.165, 1.54) is 48.1 Å². The third-order valence-corrected chi connectivity index (χ3v) is 4.96. The number of piperazine rings is 1. The standard InChI is InChI=1S/C16H24BrN3/c17-15-12-14(13-19-10-6-18-7-11-19)4-5-16(15)20-8-2-1-3-9-20/h4-5,12,18H,1-3,6-11,13H2. The maximum Gasteiger partial charge on any atom is 0.0510 e. The minimum Gasteiger partial charge on any atom is -0.371 e. The Morgan fingerprint density at radius 2 is 1.75 bits per heavy atom. The molecule has 0 saturated carbocycles. The van der Waals surface area contributed by atoms with E-state index >= 15 is 0 Å². The van der Waals surface area contributed by atoms with Crippen LogP contribution in [0.2, 0.25) is 0 Å². The summed E-state index contributed by atoms with van der Waals surface area (Å²) in [7, 11) is 0. The highest BCUT2D eigenvalue weighted by Crippen LogP contribution is 2.30. The highest BCUT2D eigenvalue weighted by Gasteiger charge is 2.15. The van der Waals surface area contributed by atoms with Gasteiger partial charge in [0.1, 0.15) is 0 Å². The second-order valence-corrected chi connectivity index (χ2v) is 6.71. The van der Waals surface area contributed by atoms with Gasteiger partial charge in [0.15, 0.2) is 0 Å². The predicted molar refractivity (Wildman–Crippen MR) is 88.4 cm³/mol. The molecule has 2 aliphatic heterocycles. The smallest absolute Gasteiger partial charge is 0.0510 e. The lowest BCUT2D eigenvalue weighted by molar-refractivity contribution is 0.233. The monoisotopic (exact) mass is 337 g/mol. The average molecular weight is 338 g/mol. The number of halogens is 1. The van der Waals surface area contributed by atoms with Crippen molar-refractivity contribution in [2.75, 3.05) is 44.2 Å². The summed E-state index contributed by atoms with van der Waals surface area (Å²) in [6.07, 6.45) is 4.04. The number of hydrogen-bond donors (Lipinski definition) is 1. The van der Waals surface area contributed by atoms with E-state index in [1.807, 2.05) is 0 Å². The molecular formula is C16H24BrN3. The van der Waals surface area contributed by atoms with Gasteiger partial charge in [-0.15, -0.1) is 0 Å². The molecule has 2 heterocycles. The zero-order valence-corrected chi connectivity index (χ0v) is 13.7. The zero-order chi connectivity index (χ0) is 13.8. The Kier molecular flexibility index (Phi) is 4.97. The Morgan fingerprint density at radius 1 is 1.00 bits per heavy atom. The molecule has 0 aliphatic carbocycles. The van der Waals surface area contributed by atoms with Crippen LogP contribution in [0.1, 0.15) is 24.8 Å². The molecular weight excluding hydrogens is 314 g/mol. The van der Waals surface area contributed by atoms with E-state index in [0.29, 0.717) is 0 Å². The van der Waals surface area contributed by atoms with E-state index in [0.717, 1.165) is 32.7 Å². The molecule has 0 radical (unpaired) electrons. The lowest BCUT2D eigenvalue weighted by Gasteiger charge is -2.30. The van der Waals surface area contributed by atoms with Crippen molar-refractivity contribution in [2.45, 2.75) is 25.8 Å². The molecule has 2 fully saturated rings. The van der Waals surface area contributed by atoms with E-state index in [-0.39, 0.29) is 0 Å². The fourth-order valence-electron chi connectivity index (χ4n) is 3.17. The van der Waals surface area contributed by atoms with Crippen molar-refractivity contribution < 1.29 is 0 Å². The van der Waals surface area contributed by atoms with Gasteiger partial charge in [-0.25, -0.2) is 0 Å². The minimum atomic E-state index is 1.07. The van der Waals surface area contributed by atoms with Crippen LogP contribution in [0.15, 0.2) is 22.7 Å². The van der Waals surface area contributed by atoms with Gasteiger partial charge in [0, 0.05) is 50.3 Å². The topological polar surface area (TPSA) is 18.5 Å². The third kappa shape index (κ3) is 3.54. The first-order chi connectivity index (χ1) is 9.83. The second kappa shape index (κ2) is 6.92. The van der Waals surface area contributed by atoms with Crippen molar-refractivity contribution in [3.63, 3.8) is 0 Å². The van der Waals surface area contributed by atoms with Crippen LogP contribution >= 0.6 is 15.9 Å². The molecule has 2 saturated heterocycles. The molecule has 1 N–H and O–H groups in total. The molecule has 0 aromatic heterocycles. The van der Waals surface area contributed by atoms with Crippen LogP contribution in [0.3, 0.4) is 0 Å². The summed E-state index contributed by atoms with van der Waals surface area (Å²) in [4.78, 5) is 5.04. The average Bonchev–Trinajstić information content (AvgIpc) is 2.49. The Labute approximate surface area is 130 Å². The first kappa shape index (κ1) is 14.4. The van der Waals surface area contributed by atoms with Crippen molar-refractivity contribution >= 4 is 21.6 Å². The molecule has 0 amide bonds. The van der Waals surface area contributed by atoms with Crippen molar-refractivity contribution in [1.82, 2.24) is 10.2 Å². The normalized spacial score (nSPS) is 21.1. The predicted octanol–water partition coefficient (Wildman–Crippen LogP) is 2.84. The molecule has 4 heteroatoms. The minimum absolute atomic E-state index is 1.07. The van der Waals surface area contributed by atoms with Crippen LogP contribution in [0, 0.1) is 0 Å². The van der Waals surface area contributed by atoms with E-state index in [4.69, 9.17) is 0 Å². The number of nitrogens with one attached hydrogen (secondary N) is 1. The lowest BCUT2D eigenvalue weighted by atomic mass is 10.1. The molecule has 20 heavy (non-hydrogen) atoms. The quantitative estimate of drug-likeness (QED) is 0.914. The first-order valence-corrected chi connectivity index (χ1v) is 8.59. The molecule has 1 aromatic rings. The molecule has 3 rings (SSSR count). The Morgan fingerprint density at radius 3 is 2.45 bits per heavy atom. The van der Waals surface area contributed by atoms with Crippen molar-refractivity contribution in [3.05, 3.63) is 28.2 Å². The van der Waals surface area contributed by atoms with Gasteiger partial charge in [-0.05, 0) is 52.9 Å². The van der Waals surface area contributed by atoms with Crippen LogP contribution < -0.4 is 10.2 Å². The molecule has 0 bridgehead atoms. The lowest BCUT2D eigenvalue weighted by Crippen LogP contribution is -2.42. The Bertz CT molecular complexity index is 437. The largest absolute Gasteiger partial charge is 0.371 e. The summed E-state index contributed by atoms with van der Waals surface area (Å²) in [5.41, 5.74) is 2.79. The van der Waals surface area contributed by atoms with Crippen LogP contribution in [-0.4, -0.2) is 44.2 Å². The van der Waals surface area contributed by atoms with Crippen LogP contribution in [0.5, 0.6) is 0 Å². The van der Waals surface area contributed by atoms with Crippen molar-refractivity contribution in [1.29, 1.82) is 0 Å². The number of benzene rings is 1. The van der Waals surface area contributed by atoms with Gasteiger partial charge in [0.25, 0.3) is 0 Å².